The van der Waals surface area contributed by atoms with E-state index in [0.717, 1.165) is 19.3 Å². The van der Waals surface area contributed by atoms with E-state index in [0.29, 0.717) is 36.0 Å². The fraction of sp³-hybridized carbons (Fsp3) is 0.400. The number of aryl methyl sites for hydroxylation is 1. The number of rotatable bonds is 7. The first-order valence-corrected chi connectivity index (χ1v) is 9.54. The Morgan fingerprint density at radius 3 is 2.77 bits per heavy atom. The molecule has 0 bridgehead atoms. The lowest BCUT2D eigenvalue weighted by atomic mass is 10.1. The number of carbonyl (C=O) groups excluding carboxylic acids is 2. The van der Waals surface area contributed by atoms with Gasteiger partial charge in [-0.1, -0.05) is 0 Å². The Kier molecular flexibility index (Phi) is 6.46. The van der Waals surface area contributed by atoms with Crippen molar-refractivity contribution in [1.82, 2.24) is 9.97 Å². The first-order valence-electron chi connectivity index (χ1n) is 9.54. The standard InChI is InChI=1S/C20H25FN6O3/c1-12-7-14(18(22)29)15(21)8-16(12)24-20-23-9-17(26(2)3)19(25-20)27(11-28)13-5-4-6-30-10-13/h7-9,11,13H,4-6,10H2,1-3H3,(H2,22,29)(H,23,24,25). The van der Waals surface area contributed by atoms with Crippen LogP contribution in [0.4, 0.5) is 27.5 Å². The van der Waals surface area contributed by atoms with E-state index in [9.17, 15) is 14.0 Å². The van der Waals surface area contributed by atoms with Crippen molar-refractivity contribution in [3.8, 4) is 0 Å². The highest BCUT2D eigenvalue weighted by molar-refractivity contribution is 5.94. The van der Waals surface area contributed by atoms with Gasteiger partial charge in [-0.15, -0.1) is 0 Å². The molecule has 1 atom stereocenters. The van der Waals surface area contributed by atoms with E-state index in [1.54, 1.807) is 18.0 Å². The highest BCUT2D eigenvalue weighted by Gasteiger charge is 2.26. The Hall–Kier alpha value is -3.27. The van der Waals surface area contributed by atoms with Crippen molar-refractivity contribution < 1.29 is 18.7 Å². The minimum absolute atomic E-state index is 0.133. The van der Waals surface area contributed by atoms with Crippen molar-refractivity contribution in [2.45, 2.75) is 25.8 Å². The molecule has 3 rings (SSSR count). The lowest BCUT2D eigenvalue weighted by Crippen LogP contribution is -2.41. The molecule has 0 spiro atoms. The summed E-state index contributed by atoms with van der Waals surface area (Å²) in [5, 5.41) is 2.96. The Labute approximate surface area is 174 Å². The second-order valence-corrected chi connectivity index (χ2v) is 7.32. The monoisotopic (exact) mass is 416 g/mol. The van der Waals surface area contributed by atoms with Crippen molar-refractivity contribution in [3.63, 3.8) is 0 Å². The van der Waals surface area contributed by atoms with Crippen LogP contribution in [0.1, 0.15) is 28.8 Å². The normalized spacial score (nSPS) is 16.1. The Balaban J connectivity index is 1.97. The van der Waals surface area contributed by atoms with Crippen LogP contribution < -0.4 is 20.9 Å². The summed E-state index contributed by atoms with van der Waals surface area (Å²) in [4.78, 5) is 35.4. The fourth-order valence-electron chi connectivity index (χ4n) is 3.31. The summed E-state index contributed by atoms with van der Waals surface area (Å²) in [6.45, 7) is 2.81. The largest absolute Gasteiger partial charge is 0.379 e. The maximum Gasteiger partial charge on any atom is 0.251 e. The number of benzene rings is 1. The number of hydrogen-bond acceptors (Lipinski definition) is 7. The van der Waals surface area contributed by atoms with E-state index >= 15 is 0 Å². The number of carbonyl (C=O) groups is 2. The number of nitrogens with two attached hydrogens (primary N) is 1. The van der Waals surface area contributed by atoms with Gasteiger partial charge < -0.3 is 20.7 Å². The van der Waals surface area contributed by atoms with Gasteiger partial charge in [-0.3, -0.25) is 14.5 Å². The molecule has 0 aliphatic carbocycles. The zero-order chi connectivity index (χ0) is 21.8. The van der Waals surface area contributed by atoms with Gasteiger partial charge in [-0.2, -0.15) is 4.98 Å². The molecule has 1 aliphatic heterocycles. The molecular formula is C20H25FN6O3. The van der Waals surface area contributed by atoms with Crippen LogP contribution in [0.5, 0.6) is 0 Å². The van der Waals surface area contributed by atoms with Gasteiger partial charge in [0.1, 0.15) is 5.82 Å². The second-order valence-electron chi connectivity index (χ2n) is 7.32. The third-order valence-corrected chi connectivity index (χ3v) is 4.95. The van der Waals surface area contributed by atoms with Crippen molar-refractivity contribution in [2.75, 3.05) is 42.4 Å². The molecule has 2 heterocycles. The Morgan fingerprint density at radius 1 is 1.40 bits per heavy atom. The number of amides is 2. The van der Waals surface area contributed by atoms with Crippen LogP contribution in [0, 0.1) is 12.7 Å². The van der Waals surface area contributed by atoms with Gasteiger partial charge in [-0.25, -0.2) is 9.37 Å². The zero-order valence-electron chi connectivity index (χ0n) is 17.2. The van der Waals surface area contributed by atoms with Crippen LogP contribution in [0.25, 0.3) is 0 Å². The Bertz CT molecular complexity index is 946. The predicted octanol–water partition coefficient (Wildman–Crippen LogP) is 1.97. The van der Waals surface area contributed by atoms with Crippen LogP contribution in [0.2, 0.25) is 0 Å². The maximum absolute atomic E-state index is 14.2. The minimum Gasteiger partial charge on any atom is -0.379 e. The van der Waals surface area contributed by atoms with E-state index in [1.165, 1.54) is 12.1 Å². The molecular weight excluding hydrogens is 391 g/mol. The second kappa shape index (κ2) is 9.04. The molecule has 0 radical (unpaired) electrons. The number of anilines is 4. The van der Waals surface area contributed by atoms with Crippen molar-refractivity contribution in [2.24, 2.45) is 5.73 Å². The number of nitrogens with one attached hydrogen (secondary N) is 1. The third kappa shape index (κ3) is 4.48. The van der Waals surface area contributed by atoms with E-state index < -0.39 is 11.7 Å². The number of primary amides is 1. The van der Waals surface area contributed by atoms with Crippen LogP contribution >= 0.6 is 0 Å². The van der Waals surface area contributed by atoms with Crippen molar-refractivity contribution in [3.05, 3.63) is 35.3 Å². The van der Waals surface area contributed by atoms with E-state index in [-0.39, 0.29) is 17.6 Å². The van der Waals surface area contributed by atoms with Crippen LogP contribution in [0.3, 0.4) is 0 Å². The summed E-state index contributed by atoms with van der Waals surface area (Å²) in [5.41, 5.74) is 6.65. The summed E-state index contributed by atoms with van der Waals surface area (Å²) in [5.74, 6) is -0.967. The molecule has 30 heavy (non-hydrogen) atoms. The zero-order valence-corrected chi connectivity index (χ0v) is 17.2. The molecule has 1 fully saturated rings. The topological polar surface area (TPSA) is 114 Å². The van der Waals surface area contributed by atoms with Crippen LogP contribution in [0.15, 0.2) is 18.3 Å². The van der Waals surface area contributed by atoms with Gasteiger partial charge in [0, 0.05) is 26.4 Å². The average Bonchev–Trinajstić information content (AvgIpc) is 2.71. The quantitative estimate of drug-likeness (QED) is 0.664. The fourth-order valence-corrected chi connectivity index (χ4v) is 3.31. The molecule has 0 saturated carbocycles. The van der Waals surface area contributed by atoms with Crippen LogP contribution in [-0.4, -0.2) is 55.6 Å². The van der Waals surface area contributed by atoms with Gasteiger partial charge in [0.25, 0.3) is 5.91 Å². The summed E-state index contributed by atoms with van der Waals surface area (Å²) in [7, 11) is 3.66. The maximum atomic E-state index is 14.2. The average molecular weight is 416 g/mol. The highest BCUT2D eigenvalue weighted by atomic mass is 19.1. The molecule has 1 aliphatic rings. The van der Waals surface area contributed by atoms with Gasteiger partial charge >= 0.3 is 0 Å². The lowest BCUT2D eigenvalue weighted by Gasteiger charge is -2.32. The lowest BCUT2D eigenvalue weighted by molar-refractivity contribution is -0.108. The van der Waals surface area contributed by atoms with Gasteiger partial charge in [-0.05, 0) is 37.5 Å². The summed E-state index contributed by atoms with van der Waals surface area (Å²) in [6, 6.07) is 2.41. The Morgan fingerprint density at radius 2 is 2.17 bits per heavy atom. The molecule has 2 amide bonds. The summed E-state index contributed by atoms with van der Waals surface area (Å²) >= 11 is 0. The molecule has 160 valence electrons. The molecule has 1 unspecified atom stereocenters. The van der Waals surface area contributed by atoms with E-state index in [4.69, 9.17) is 10.5 Å². The van der Waals surface area contributed by atoms with E-state index in [2.05, 4.69) is 15.3 Å². The predicted molar refractivity (Wildman–Crippen MR) is 112 cm³/mol. The first kappa shape index (κ1) is 21.4. The smallest absolute Gasteiger partial charge is 0.251 e. The van der Waals surface area contributed by atoms with E-state index in [1.807, 2.05) is 19.0 Å². The number of aromatic nitrogens is 2. The molecule has 2 aromatic rings. The number of ether oxygens (including phenoxy) is 1. The number of nitrogens with zero attached hydrogens (tertiary/aromatic N) is 4. The molecule has 10 heteroatoms. The van der Waals surface area contributed by atoms with Gasteiger partial charge in [0.2, 0.25) is 12.4 Å². The summed E-state index contributed by atoms with van der Waals surface area (Å²) in [6.07, 6.45) is 3.99. The molecule has 1 saturated heterocycles. The SMILES string of the molecule is Cc1cc(C(N)=O)c(F)cc1Nc1ncc(N(C)C)c(N(C=O)C2CCCOC2)n1. The highest BCUT2D eigenvalue weighted by Crippen LogP contribution is 2.30. The van der Waals surface area contributed by atoms with Crippen LogP contribution in [-0.2, 0) is 9.53 Å². The van der Waals surface area contributed by atoms with Crippen molar-refractivity contribution in [1.29, 1.82) is 0 Å². The molecule has 9 nitrogen and oxygen atoms in total. The van der Waals surface area contributed by atoms with Gasteiger partial charge in [0.15, 0.2) is 5.82 Å². The first-order chi connectivity index (χ1) is 14.3. The summed E-state index contributed by atoms with van der Waals surface area (Å²) < 4.78 is 19.7. The molecule has 1 aromatic heterocycles. The van der Waals surface area contributed by atoms with Gasteiger partial charge in [0.05, 0.1) is 30.1 Å². The number of hydrogen-bond donors (Lipinski definition) is 2. The molecule has 3 N–H and O–H groups in total. The molecule has 1 aromatic carbocycles. The van der Waals surface area contributed by atoms with Crippen molar-refractivity contribution >= 4 is 35.5 Å². The third-order valence-electron chi connectivity index (χ3n) is 4.95. The minimum atomic E-state index is -0.840. The number of halogens is 1.